The Hall–Kier alpha value is -1.81. The lowest BCUT2D eigenvalue weighted by atomic mass is 10.1. The van der Waals surface area contributed by atoms with Crippen LogP contribution in [0.2, 0.25) is 0 Å². The van der Waals surface area contributed by atoms with Gasteiger partial charge in [0, 0.05) is 5.69 Å². The highest BCUT2D eigenvalue weighted by Crippen LogP contribution is 2.52. The number of anilines is 1. The zero-order valence-corrected chi connectivity index (χ0v) is 14.2. The fourth-order valence-corrected chi connectivity index (χ4v) is 3.25. The Labute approximate surface area is 136 Å². The second kappa shape index (κ2) is 7.64. The van der Waals surface area contributed by atoms with Gasteiger partial charge in [-0.25, -0.2) is 0 Å². The molecule has 0 spiro atoms. The Morgan fingerprint density at radius 3 is 2.43 bits per heavy atom. The van der Waals surface area contributed by atoms with E-state index in [1.807, 2.05) is 24.3 Å². The van der Waals surface area contributed by atoms with Crippen LogP contribution in [0.5, 0.6) is 5.75 Å². The Bertz CT molecular complexity index is 681. The molecule has 0 amide bonds. The Morgan fingerprint density at radius 1 is 1.17 bits per heavy atom. The van der Waals surface area contributed by atoms with E-state index in [-0.39, 0.29) is 0 Å². The van der Waals surface area contributed by atoms with E-state index >= 15 is 0 Å². The van der Waals surface area contributed by atoms with Crippen LogP contribution in [0.15, 0.2) is 48.5 Å². The summed E-state index contributed by atoms with van der Waals surface area (Å²) in [4.78, 5) is 19.4. The summed E-state index contributed by atoms with van der Waals surface area (Å²) < 4.78 is 17.0. The minimum absolute atomic E-state index is 0.482. The van der Waals surface area contributed by atoms with Crippen molar-refractivity contribution >= 4 is 13.3 Å². The van der Waals surface area contributed by atoms with Gasteiger partial charge in [-0.3, -0.25) is 4.57 Å². The van der Waals surface area contributed by atoms with E-state index in [1.54, 1.807) is 24.3 Å². The fraction of sp³-hybridized carbons (Fsp3) is 0.294. The van der Waals surface area contributed by atoms with Gasteiger partial charge < -0.3 is 19.8 Å². The first kappa shape index (κ1) is 17.5. The number of nitrogens with one attached hydrogen (secondary N) is 1. The second-order valence-corrected chi connectivity index (χ2v) is 7.05. The third-order valence-corrected chi connectivity index (χ3v) is 4.64. The average molecular weight is 335 g/mol. The molecule has 6 heteroatoms. The molecule has 0 saturated carbocycles. The first-order chi connectivity index (χ1) is 10.9. The lowest BCUT2D eigenvalue weighted by molar-refractivity contribution is 0.362. The van der Waals surface area contributed by atoms with Crippen molar-refractivity contribution in [2.45, 2.75) is 25.5 Å². The van der Waals surface area contributed by atoms with Crippen LogP contribution in [0.25, 0.3) is 0 Å². The van der Waals surface area contributed by atoms with Crippen molar-refractivity contribution in [2.75, 3.05) is 12.4 Å². The Morgan fingerprint density at radius 2 is 1.87 bits per heavy atom. The van der Waals surface area contributed by atoms with Crippen molar-refractivity contribution in [1.29, 1.82) is 0 Å². The molecule has 0 aromatic heterocycles. The maximum absolute atomic E-state index is 11.9. The van der Waals surface area contributed by atoms with Gasteiger partial charge in [0.05, 0.1) is 7.11 Å². The van der Waals surface area contributed by atoms with E-state index in [4.69, 9.17) is 4.74 Å². The quantitative estimate of drug-likeness (QED) is 0.668. The maximum atomic E-state index is 11.9. The fourth-order valence-electron chi connectivity index (χ4n) is 2.39. The highest BCUT2D eigenvalue weighted by Gasteiger charge is 2.30. The molecule has 0 heterocycles. The van der Waals surface area contributed by atoms with Gasteiger partial charge in [-0.1, -0.05) is 37.6 Å². The van der Waals surface area contributed by atoms with E-state index < -0.39 is 13.4 Å². The van der Waals surface area contributed by atoms with Crippen molar-refractivity contribution < 1.29 is 19.1 Å². The molecule has 0 aliphatic rings. The molecule has 5 nitrogen and oxygen atoms in total. The molecule has 0 aliphatic carbocycles. The van der Waals surface area contributed by atoms with Gasteiger partial charge in [0.2, 0.25) is 0 Å². The first-order valence-electron chi connectivity index (χ1n) is 7.48. The van der Waals surface area contributed by atoms with E-state index in [2.05, 4.69) is 12.2 Å². The largest absolute Gasteiger partial charge is 0.497 e. The summed E-state index contributed by atoms with van der Waals surface area (Å²) in [5.74, 6) is -0.560. The van der Waals surface area contributed by atoms with Crippen LogP contribution in [-0.4, -0.2) is 16.9 Å². The standard InChI is InChI=1S/C17H22NO4P/c1-3-5-13-8-10-15(11-9-13)18-17(23(19,20)21)14-6-4-7-16(12-14)22-2/h4,6-12,17-18H,3,5H2,1-2H3,(H2,19,20,21)/t17-/m0/s1. The van der Waals surface area contributed by atoms with Crippen LogP contribution in [0.1, 0.15) is 30.3 Å². The molecule has 1 atom stereocenters. The molecule has 2 aromatic carbocycles. The predicted octanol–water partition coefficient (Wildman–Crippen LogP) is 3.94. The minimum Gasteiger partial charge on any atom is -0.497 e. The summed E-state index contributed by atoms with van der Waals surface area (Å²) in [7, 11) is -2.87. The van der Waals surface area contributed by atoms with Gasteiger partial charge >= 0.3 is 7.60 Å². The smallest absolute Gasteiger partial charge is 0.352 e. The summed E-state index contributed by atoms with van der Waals surface area (Å²) in [6, 6.07) is 14.4. The number of benzene rings is 2. The normalized spacial score (nSPS) is 12.7. The molecule has 3 N–H and O–H groups in total. The van der Waals surface area contributed by atoms with Gasteiger partial charge in [-0.05, 0) is 41.8 Å². The van der Waals surface area contributed by atoms with Gasteiger partial charge in [0.15, 0.2) is 5.78 Å². The predicted molar refractivity (Wildman–Crippen MR) is 91.8 cm³/mol. The van der Waals surface area contributed by atoms with E-state index in [9.17, 15) is 14.4 Å². The topological polar surface area (TPSA) is 78.8 Å². The molecule has 0 unspecified atom stereocenters. The number of hydrogen-bond donors (Lipinski definition) is 3. The third-order valence-electron chi connectivity index (χ3n) is 3.54. The molecule has 0 bridgehead atoms. The SMILES string of the molecule is CCCc1ccc(N[C@H](c2cccc(OC)c2)P(=O)(O)O)cc1. The van der Waals surface area contributed by atoms with Crippen LogP contribution in [0.4, 0.5) is 5.69 Å². The Kier molecular flexibility index (Phi) is 5.83. The lowest BCUT2D eigenvalue weighted by Gasteiger charge is -2.22. The second-order valence-electron chi connectivity index (χ2n) is 5.36. The van der Waals surface area contributed by atoms with Crippen LogP contribution in [0, 0.1) is 0 Å². The molecule has 23 heavy (non-hydrogen) atoms. The summed E-state index contributed by atoms with van der Waals surface area (Å²) in [6.45, 7) is 2.11. The Balaban J connectivity index is 2.27. The van der Waals surface area contributed by atoms with Crippen molar-refractivity contribution in [2.24, 2.45) is 0 Å². The third kappa shape index (κ3) is 4.83. The van der Waals surface area contributed by atoms with Gasteiger partial charge in [0.1, 0.15) is 5.75 Å². The highest BCUT2D eigenvalue weighted by molar-refractivity contribution is 7.52. The molecule has 2 aromatic rings. The monoisotopic (exact) mass is 335 g/mol. The van der Waals surface area contributed by atoms with Crippen molar-refractivity contribution in [3.05, 3.63) is 59.7 Å². The van der Waals surface area contributed by atoms with E-state index in [1.165, 1.54) is 12.7 Å². The molecular weight excluding hydrogens is 313 g/mol. The number of methoxy groups -OCH3 is 1. The van der Waals surface area contributed by atoms with Crippen molar-refractivity contribution in [3.8, 4) is 5.75 Å². The average Bonchev–Trinajstić information content (AvgIpc) is 2.53. The number of aryl methyl sites for hydroxylation is 1. The van der Waals surface area contributed by atoms with Crippen LogP contribution in [0.3, 0.4) is 0 Å². The van der Waals surface area contributed by atoms with Crippen molar-refractivity contribution in [1.82, 2.24) is 0 Å². The zero-order chi connectivity index (χ0) is 16.9. The molecule has 2 rings (SSSR count). The summed E-state index contributed by atoms with van der Waals surface area (Å²) in [5.41, 5.74) is 2.35. The molecule has 0 saturated heterocycles. The van der Waals surface area contributed by atoms with E-state index in [0.29, 0.717) is 17.0 Å². The summed E-state index contributed by atoms with van der Waals surface area (Å²) in [6.07, 6.45) is 2.04. The lowest BCUT2D eigenvalue weighted by Crippen LogP contribution is -2.11. The van der Waals surface area contributed by atoms with E-state index in [0.717, 1.165) is 12.8 Å². The van der Waals surface area contributed by atoms with Crippen LogP contribution < -0.4 is 10.1 Å². The minimum atomic E-state index is -4.38. The first-order valence-corrected chi connectivity index (χ1v) is 9.17. The number of rotatable bonds is 7. The highest BCUT2D eigenvalue weighted by atomic mass is 31.2. The molecule has 0 aliphatic heterocycles. The van der Waals surface area contributed by atoms with Gasteiger partial charge in [0.25, 0.3) is 0 Å². The number of hydrogen-bond acceptors (Lipinski definition) is 3. The van der Waals surface area contributed by atoms with Crippen LogP contribution in [-0.2, 0) is 11.0 Å². The van der Waals surface area contributed by atoms with Gasteiger partial charge in [-0.2, -0.15) is 0 Å². The summed E-state index contributed by atoms with van der Waals surface area (Å²) >= 11 is 0. The zero-order valence-electron chi connectivity index (χ0n) is 13.3. The van der Waals surface area contributed by atoms with Gasteiger partial charge in [-0.15, -0.1) is 0 Å². The molecular formula is C17H22NO4P. The summed E-state index contributed by atoms with van der Waals surface area (Å²) in [5, 5.41) is 2.94. The van der Waals surface area contributed by atoms with Crippen molar-refractivity contribution in [3.63, 3.8) is 0 Å². The maximum Gasteiger partial charge on any atom is 0.352 e. The number of ether oxygens (including phenoxy) is 1. The molecule has 0 radical (unpaired) electrons. The molecule has 124 valence electrons. The molecule has 0 fully saturated rings. The van der Waals surface area contributed by atoms with Crippen LogP contribution >= 0.6 is 7.60 Å².